The number of hydrogen-bond donors (Lipinski definition) is 3. The molecule has 0 aliphatic rings. The van der Waals surface area contributed by atoms with Crippen LogP contribution < -0.4 is 20.7 Å². The monoisotopic (exact) mass is 698 g/mol. The minimum atomic E-state index is -0.507. The number of thiazole rings is 1. The standard InChI is InChI=1S/C34H27BrN4O4S2/c1-43-27-11-5-7-22(17-27)18-29(37-32(41)24-8-3-2-4-9-24)33(42)36-26-10-6-12-28(19-26)44-21-31(40)39-34-38-30(20-45-34)23-13-15-25(35)16-14-23/h2-20H,21H2,1H3,(H,36,42)(H,37,41)(H,38,39,40)/b29-18-. The summed E-state index contributed by atoms with van der Waals surface area (Å²) in [6.45, 7) is 0. The summed E-state index contributed by atoms with van der Waals surface area (Å²) < 4.78 is 6.28. The van der Waals surface area contributed by atoms with Gasteiger partial charge in [0.05, 0.1) is 18.6 Å². The molecule has 45 heavy (non-hydrogen) atoms. The van der Waals surface area contributed by atoms with Crippen molar-refractivity contribution in [1.82, 2.24) is 10.3 Å². The average Bonchev–Trinajstić information content (AvgIpc) is 3.52. The van der Waals surface area contributed by atoms with Crippen molar-refractivity contribution in [1.29, 1.82) is 0 Å². The van der Waals surface area contributed by atoms with Crippen LogP contribution >= 0.6 is 39.0 Å². The fraction of sp³-hybridized carbons (Fsp3) is 0.0588. The molecule has 0 aliphatic carbocycles. The van der Waals surface area contributed by atoms with Crippen LogP contribution in [-0.4, -0.2) is 35.6 Å². The fourth-order valence-corrected chi connectivity index (χ4v) is 5.85. The first-order valence-corrected chi connectivity index (χ1v) is 16.3. The summed E-state index contributed by atoms with van der Waals surface area (Å²) in [5.41, 5.74) is 3.41. The lowest BCUT2D eigenvalue weighted by atomic mass is 10.1. The largest absolute Gasteiger partial charge is 0.497 e. The molecule has 0 unspecified atom stereocenters. The van der Waals surface area contributed by atoms with Gasteiger partial charge in [0.2, 0.25) is 5.91 Å². The van der Waals surface area contributed by atoms with E-state index in [-0.39, 0.29) is 17.4 Å². The van der Waals surface area contributed by atoms with Gasteiger partial charge in [-0.2, -0.15) is 0 Å². The zero-order chi connectivity index (χ0) is 31.6. The van der Waals surface area contributed by atoms with Gasteiger partial charge in [-0.15, -0.1) is 23.1 Å². The molecule has 0 aliphatic heterocycles. The molecule has 5 rings (SSSR count). The summed E-state index contributed by atoms with van der Waals surface area (Å²) in [4.78, 5) is 44.3. The van der Waals surface area contributed by atoms with Gasteiger partial charge in [-0.05, 0) is 66.2 Å². The van der Waals surface area contributed by atoms with E-state index in [1.54, 1.807) is 79.9 Å². The third kappa shape index (κ3) is 9.15. The maximum absolute atomic E-state index is 13.4. The summed E-state index contributed by atoms with van der Waals surface area (Å²) in [6, 6.07) is 30.8. The van der Waals surface area contributed by atoms with Crippen LogP contribution in [0.2, 0.25) is 0 Å². The fourth-order valence-electron chi connectivity index (χ4n) is 4.09. The van der Waals surface area contributed by atoms with E-state index in [9.17, 15) is 14.4 Å². The van der Waals surface area contributed by atoms with Gasteiger partial charge in [-0.1, -0.05) is 64.5 Å². The van der Waals surface area contributed by atoms with E-state index in [0.29, 0.717) is 27.7 Å². The first-order chi connectivity index (χ1) is 21.9. The highest BCUT2D eigenvalue weighted by molar-refractivity contribution is 9.10. The summed E-state index contributed by atoms with van der Waals surface area (Å²) in [6.07, 6.45) is 1.59. The van der Waals surface area contributed by atoms with E-state index in [0.717, 1.165) is 20.6 Å². The van der Waals surface area contributed by atoms with Crippen LogP contribution in [0.4, 0.5) is 10.8 Å². The minimum Gasteiger partial charge on any atom is -0.497 e. The van der Waals surface area contributed by atoms with Crippen LogP contribution in [0.5, 0.6) is 5.75 Å². The highest BCUT2D eigenvalue weighted by atomic mass is 79.9. The van der Waals surface area contributed by atoms with E-state index < -0.39 is 11.8 Å². The second-order valence-corrected chi connectivity index (χ2v) is 12.3. The lowest BCUT2D eigenvalue weighted by molar-refractivity contribution is -0.114. The second-order valence-electron chi connectivity index (χ2n) is 9.52. The third-order valence-electron chi connectivity index (χ3n) is 6.29. The van der Waals surface area contributed by atoms with Gasteiger partial charge < -0.3 is 20.7 Å². The van der Waals surface area contributed by atoms with Crippen molar-refractivity contribution in [2.45, 2.75) is 4.90 Å². The van der Waals surface area contributed by atoms with E-state index >= 15 is 0 Å². The second kappa shape index (κ2) is 15.3. The Kier molecular flexibility index (Phi) is 10.8. The Morgan fingerprint density at radius 1 is 0.911 bits per heavy atom. The Morgan fingerprint density at radius 3 is 2.47 bits per heavy atom. The van der Waals surface area contributed by atoms with Gasteiger partial charge in [0, 0.05) is 31.6 Å². The highest BCUT2D eigenvalue weighted by Gasteiger charge is 2.16. The molecule has 0 bridgehead atoms. The number of hydrogen-bond acceptors (Lipinski definition) is 7. The maximum atomic E-state index is 13.4. The van der Waals surface area contributed by atoms with Crippen LogP contribution in [0.3, 0.4) is 0 Å². The molecular weight excluding hydrogens is 672 g/mol. The molecule has 0 saturated heterocycles. The van der Waals surface area contributed by atoms with Crippen molar-refractivity contribution in [2.75, 3.05) is 23.5 Å². The van der Waals surface area contributed by atoms with Gasteiger partial charge >= 0.3 is 0 Å². The number of nitrogens with zero attached hydrogens (tertiary/aromatic N) is 1. The van der Waals surface area contributed by atoms with Crippen molar-refractivity contribution < 1.29 is 19.1 Å². The van der Waals surface area contributed by atoms with E-state index in [4.69, 9.17) is 4.74 Å². The molecule has 8 nitrogen and oxygen atoms in total. The van der Waals surface area contributed by atoms with E-state index in [2.05, 4.69) is 36.9 Å². The van der Waals surface area contributed by atoms with Crippen molar-refractivity contribution in [3.8, 4) is 17.0 Å². The third-order valence-corrected chi connectivity index (χ3v) is 8.57. The number of halogens is 1. The molecule has 0 spiro atoms. The number of benzene rings is 4. The Labute approximate surface area is 277 Å². The Balaban J connectivity index is 1.23. The van der Waals surface area contributed by atoms with Gasteiger partial charge in [-0.25, -0.2) is 4.98 Å². The molecule has 226 valence electrons. The molecule has 0 radical (unpaired) electrons. The zero-order valence-electron chi connectivity index (χ0n) is 24.0. The minimum absolute atomic E-state index is 0.0560. The molecule has 4 aromatic carbocycles. The molecule has 0 saturated carbocycles. The summed E-state index contributed by atoms with van der Waals surface area (Å²) in [5.74, 6) is -0.352. The maximum Gasteiger partial charge on any atom is 0.272 e. The number of rotatable bonds is 11. The molecular formula is C34H27BrN4O4S2. The number of anilines is 2. The van der Waals surface area contributed by atoms with Crippen LogP contribution in [-0.2, 0) is 9.59 Å². The zero-order valence-corrected chi connectivity index (χ0v) is 27.2. The Bertz CT molecular complexity index is 1840. The van der Waals surface area contributed by atoms with Gasteiger partial charge in [0.15, 0.2) is 5.13 Å². The smallest absolute Gasteiger partial charge is 0.272 e. The van der Waals surface area contributed by atoms with Gasteiger partial charge in [0.25, 0.3) is 11.8 Å². The van der Waals surface area contributed by atoms with Gasteiger partial charge in [0.1, 0.15) is 11.4 Å². The average molecular weight is 700 g/mol. The first-order valence-electron chi connectivity index (χ1n) is 13.6. The van der Waals surface area contributed by atoms with Crippen molar-refractivity contribution in [3.05, 3.63) is 130 Å². The number of methoxy groups -OCH3 is 1. The molecule has 5 aromatic rings. The predicted octanol–water partition coefficient (Wildman–Crippen LogP) is 7.72. The van der Waals surface area contributed by atoms with E-state index in [1.807, 2.05) is 41.8 Å². The summed E-state index contributed by atoms with van der Waals surface area (Å²) >= 11 is 6.12. The first kappa shape index (κ1) is 31.7. The van der Waals surface area contributed by atoms with Crippen LogP contribution in [0.25, 0.3) is 17.3 Å². The van der Waals surface area contributed by atoms with Crippen molar-refractivity contribution in [2.24, 2.45) is 0 Å². The summed E-state index contributed by atoms with van der Waals surface area (Å²) in [5, 5.41) is 10.9. The van der Waals surface area contributed by atoms with E-state index in [1.165, 1.54) is 23.1 Å². The molecule has 1 heterocycles. The normalized spacial score (nSPS) is 11.0. The van der Waals surface area contributed by atoms with Crippen LogP contribution in [0.15, 0.2) is 124 Å². The lowest BCUT2D eigenvalue weighted by Crippen LogP contribution is -2.30. The number of nitrogens with one attached hydrogen (secondary N) is 3. The SMILES string of the molecule is COc1cccc(/C=C(\NC(=O)c2ccccc2)C(=O)Nc2cccc(SCC(=O)Nc3nc(-c4ccc(Br)cc4)cs3)c2)c1. The van der Waals surface area contributed by atoms with Crippen LogP contribution in [0, 0.1) is 0 Å². The molecule has 3 N–H and O–H groups in total. The number of carbonyl (C=O) groups excluding carboxylic acids is 3. The van der Waals surface area contributed by atoms with Gasteiger partial charge in [-0.3, -0.25) is 14.4 Å². The lowest BCUT2D eigenvalue weighted by Gasteiger charge is -2.12. The number of amides is 3. The number of ether oxygens (including phenoxy) is 1. The predicted molar refractivity (Wildman–Crippen MR) is 185 cm³/mol. The van der Waals surface area contributed by atoms with Crippen molar-refractivity contribution >= 4 is 73.6 Å². The number of carbonyl (C=O) groups is 3. The molecule has 11 heteroatoms. The topological polar surface area (TPSA) is 109 Å². The quantitative estimate of drug-likeness (QED) is 0.0963. The molecule has 0 atom stereocenters. The Morgan fingerprint density at radius 2 is 1.69 bits per heavy atom. The number of thioether (sulfide) groups is 1. The van der Waals surface area contributed by atoms with Crippen LogP contribution in [0.1, 0.15) is 15.9 Å². The molecule has 1 aromatic heterocycles. The van der Waals surface area contributed by atoms with Crippen molar-refractivity contribution in [3.63, 3.8) is 0 Å². The highest BCUT2D eigenvalue weighted by Crippen LogP contribution is 2.27. The summed E-state index contributed by atoms with van der Waals surface area (Å²) in [7, 11) is 1.56. The number of aromatic nitrogens is 1. The Hall–Kier alpha value is -4.71. The molecule has 3 amide bonds. The molecule has 0 fully saturated rings.